The van der Waals surface area contributed by atoms with Crippen molar-refractivity contribution in [2.45, 2.75) is 38.5 Å². The van der Waals surface area contributed by atoms with Gasteiger partial charge in [-0.3, -0.25) is 0 Å². The summed E-state index contributed by atoms with van der Waals surface area (Å²) in [4.78, 5) is 0. The van der Waals surface area contributed by atoms with E-state index >= 15 is 0 Å². The second-order valence-corrected chi connectivity index (χ2v) is 16.4. The Morgan fingerprint density at radius 1 is 0.296 bits per heavy atom. The van der Waals surface area contributed by atoms with Crippen LogP contribution in [0.15, 0.2) is 170 Å². The van der Waals surface area contributed by atoms with Crippen molar-refractivity contribution in [1.82, 2.24) is 0 Å². The lowest BCUT2D eigenvalue weighted by Gasteiger charge is -2.26. The third kappa shape index (κ3) is 4.20. The number of rotatable bonds is 3. The third-order valence-corrected chi connectivity index (χ3v) is 12.8. The van der Waals surface area contributed by atoms with Gasteiger partial charge in [-0.15, -0.1) is 0 Å². The summed E-state index contributed by atoms with van der Waals surface area (Å²) in [6.07, 6.45) is 0. The summed E-state index contributed by atoms with van der Waals surface area (Å²) < 4.78 is 0. The molecule has 0 heterocycles. The van der Waals surface area contributed by atoms with Crippen LogP contribution in [0, 0.1) is 0 Å². The Balaban J connectivity index is 1.14. The first-order valence-corrected chi connectivity index (χ1v) is 19.3. The number of hydrogen-bond acceptors (Lipinski definition) is 0. The Labute approximate surface area is 317 Å². The van der Waals surface area contributed by atoms with Gasteiger partial charge in [-0.1, -0.05) is 179 Å². The average Bonchev–Trinajstić information content (AvgIpc) is 3.59. The SMILES string of the molecule is CC1(C)c2ccccc2-c2c1ccc1c2C(C)(C)c2cc(-c3cc(-c4c5ccccc5c(-c5ccccc5)c5ccccc45)c4ccccc4c3)ccc2-1. The lowest BCUT2D eigenvalue weighted by molar-refractivity contribution is 0.647. The molecule has 2 aliphatic rings. The van der Waals surface area contributed by atoms with Crippen LogP contribution in [0.25, 0.3) is 88.0 Å². The number of fused-ring (bicyclic) bond motifs is 10. The van der Waals surface area contributed by atoms with Crippen molar-refractivity contribution in [1.29, 1.82) is 0 Å². The molecule has 0 radical (unpaired) electrons. The highest BCUT2D eigenvalue weighted by Gasteiger charge is 2.44. The second-order valence-electron chi connectivity index (χ2n) is 16.4. The highest BCUT2D eigenvalue weighted by atomic mass is 14.5. The standard InChI is InChI=1S/C54H40/c1-53(2)46-25-15-14-24-44(46)51-47(53)29-28-43-38-27-26-34(32-48(38)54(3,4)52(43)51)36-30-35-18-8-9-19-37(35)45(31-36)50-41-22-12-10-20-39(41)49(33-16-6-5-7-17-33)40-21-11-13-23-42(40)50/h5-32H,1-4H3. The van der Waals surface area contributed by atoms with Crippen LogP contribution in [0.1, 0.15) is 49.9 Å². The molecule has 0 N–H and O–H groups in total. The zero-order chi connectivity index (χ0) is 36.3. The molecule has 0 spiro atoms. The van der Waals surface area contributed by atoms with E-state index in [1.54, 1.807) is 0 Å². The van der Waals surface area contributed by atoms with E-state index in [1.165, 1.54) is 110 Å². The molecule has 0 unspecified atom stereocenters. The van der Waals surface area contributed by atoms with E-state index < -0.39 is 0 Å². The largest absolute Gasteiger partial charge is 0.0622 e. The van der Waals surface area contributed by atoms with Crippen molar-refractivity contribution in [3.63, 3.8) is 0 Å². The van der Waals surface area contributed by atoms with Gasteiger partial charge < -0.3 is 0 Å². The Kier molecular flexibility index (Phi) is 6.46. The van der Waals surface area contributed by atoms with Gasteiger partial charge in [-0.05, 0) is 128 Å². The maximum atomic E-state index is 2.50. The molecule has 0 saturated heterocycles. The molecule has 0 amide bonds. The fraction of sp³-hybridized carbons (Fsp3) is 0.111. The molecule has 0 saturated carbocycles. The van der Waals surface area contributed by atoms with Gasteiger partial charge in [-0.25, -0.2) is 0 Å². The van der Waals surface area contributed by atoms with Crippen LogP contribution in [-0.4, -0.2) is 0 Å². The molecule has 0 fully saturated rings. The van der Waals surface area contributed by atoms with Gasteiger partial charge in [-0.2, -0.15) is 0 Å². The normalized spacial score (nSPS) is 14.6. The third-order valence-electron chi connectivity index (χ3n) is 12.8. The summed E-state index contributed by atoms with van der Waals surface area (Å²) in [6.45, 7) is 9.65. The zero-order valence-electron chi connectivity index (χ0n) is 31.2. The van der Waals surface area contributed by atoms with Gasteiger partial charge in [0.1, 0.15) is 0 Å². The molecule has 9 aromatic rings. The van der Waals surface area contributed by atoms with Gasteiger partial charge in [0, 0.05) is 10.8 Å². The number of hydrogen-bond donors (Lipinski definition) is 0. The van der Waals surface area contributed by atoms with E-state index in [2.05, 4.69) is 198 Å². The molecular formula is C54H40. The maximum absolute atomic E-state index is 2.50. The van der Waals surface area contributed by atoms with Gasteiger partial charge in [0.2, 0.25) is 0 Å². The molecule has 0 aromatic heterocycles. The molecule has 0 aliphatic heterocycles. The molecule has 0 atom stereocenters. The summed E-state index contributed by atoms with van der Waals surface area (Å²) in [6, 6.07) is 63.8. The van der Waals surface area contributed by atoms with E-state index in [-0.39, 0.29) is 10.8 Å². The van der Waals surface area contributed by atoms with Crippen molar-refractivity contribution < 1.29 is 0 Å². The lowest BCUT2D eigenvalue weighted by Crippen LogP contribution is -2.18. The summed E-state index contributed by atoms with van der Waals surface area (Å²) in [5.41, 5.74) is 18.8. The first-order chi connectivity index (χ1) is 26.3. The molecular weight excluding hydrogens is 649 g/mol. The minimum absolute atomic E-state index is 0.0217. The monoisotopic (exact) mass is 688 g/mol. The first-order valence-electron chi connectivity index (χ1n) is 19.3. The van der Waals surface area contributed by atoms with Crippen molar-refractivity contribution in [2.24, 2.45) is 0 Å². The molecule has 54 heavy (non-hydrogen) atoms. The summed E-state index contributed by atoms with van der Waals surface area (Å²) in [5, 5.41) is 7.64. The molecule has 0 heteroatoms. The zero-order valence-corrected chi connectivity index (χ0v) is 31.2. The fourth-order valence-electron chi connectivity index (χ4n) is 10.3. The highest BCUT2D eigenvalue weighted by Crippen LogP contribution is 2.59. The van der Waals surface area contributed by atoms with E-state index in [1.807, 2.05) is 0 Å². The van der Waals surface area contributed by atoms with Crippen molar-refractivity contribution in [3.05, 3.63) is 192 Å². The van der Waals surface area contributed by atoms with Crippen molar-refractivity contribution >= 4 is 32.3 Å². The first kappa shape index (κ1) is 31.3. The minimum Gasteiger partial charge on any atom is -0.0622 e. The topological polar surface area (TPSA) is 0 Å². The Hall–Kier alpha value is -6.24. The predicted molar refractivity (Wildman–Crippen MR) is 230 cm³/mol. The number of benzene rings is 9. The molecule has 9 aromatic carbocycles. The lowest BCUT2D eigenvalue weighted by atomic mass is 9.76. The fourth-order valence-corrected chi connectivity index (χ4v) is 10.3. The van der Waals surface area contributed by atoms with E-state index in [9.17, 15) is 0 Å². The van der Waals surface area contributed by atoms with E-state index in [0.717, 1.165) is 0 Å². The summed E-state index contributed by atoms with van der Waals surface area (Å²) in [5.74, 6) is 0. The van der Waals surface area contributed by atoms with Crippen LogP contribution in [0.4, 0.5) is 0 Å². The van der Waals surface area contributed by atoms with E-state index in [0.29, 0.717) is 0 Å². The van der Waals surface area contributed by atoms with Crippen LogP contribution in [-0.2, 0) is 10.8 Å². The summed E-state index contributed by atoms with van der Waals surface area (Å²) >= 11 is 0. The Morgan fingerprint density at radius 2 is 0.889 bits per heavy atom. The van der Waals surface area contributed by atoms with Crippen LogP contribution >= 0.6 is 0 Å². The van der Waals surface area contributed by atoms with Crippen LogP contribution in [0.3, 0.4) is 0 Å². The average molecular weight is 689 g/mol. The van der Waals surface area contributed by atoms with Crippen LogP contribution < -0.4 is 0 Å². The van der Waals surface area contributed by atoms with Crippen LogP contribution in [0.5, 0.6) is 0 Å². The minimum atomic E-state index is -0.154. The Morgan fingerprint density at radius 3 is 1.61 bits per heavy atom. The van der Waals surface area contributed by atoms with Crippen molar-refractivity contribution in [2.75, 3.05) is 0 Å². The molecule has 0 nitrogen and oxygen atoms in total. The molecule has 11 rings (SSSR count). The highest BCUT2D eigenvalue weighted by molar-refractivity contribution is 6.23. The van der Waals surface area contributed by atoms with Gasteiger partial charge in [0.25, 0.3) is 0 Å². The van der Waals surface area contributed by atoms with Gasteiger partial charge in [0.05, 0.1) is 0 Å². The smallest absolute Gasteiger partial charge is 0.0165 e. The second kappa shape index (κ2) is 11.1. The summed E-state index contributed by atoms with van der Waals surface area (Å²) in [7, 11) is 0. The maximum Gasteiger partial charge on any atom is 0.0165 e. The van der Waals surface area contributed by atoms with Gasteiger partial charge >= 0.3 is 0 Å². The molecule has 2 aliphatic carbocycles. The molecule has 0 bridgehead atoms. The van der Waals surface area contributed by atoms with E-state index in [4.69, 9.17) is 0 Å². The van der Waals surface area contributed by atoms with Crippen molar-refractivity contribution in [3.8, 4) is 55.6 Å². The molecule has 256 valence electrons. The van der Waals surface area contributed by atoms with Crippen LogP contribution in [0.2, 0.25) is 0 Å². The quantitative estimate of drug-likeness (QED) is 0.162. The van der Waals surface area contributed by atoms with Gasteiger partial charge in [0.15, 0.2) is 0 Å². The predicted octanol–water partition coefficient (Wildman–Crippen LogP) is 14.8. The Bertz CT molecular complexity index is 2970.